The van der Waals surface area contributed by atoms with Crippen LogP contribution in [0, 0.1) is 39.4 Å². The van der Waals surface area contributed by atoms with E-state index in [2.05, 4.69) is 91.5 Å². The zero-order chi connectivity index (χ0) is 32.5. The third-order valence-electron chi connectivity index (χ3n) is 13.5. The summed E-state index contributed by atoms with van der Waals surface area (Å²) in [6, 6.07) is 7.40. The van der Waals surface area contributed by atoms with E-state index in [1.807, 2.05) is 0 Å². The van der Waals surface area contributed by atoms with Crippen LogP contribution in [0.5, 0.6) is 0 Å². The molecule has 4 fully saturated rings. The molecule has 0 N–H and O–H groups in total. The molecule has 2 saturated carbocycles. The average molecular weight is 647 g/mol. The fourth-order valence-corrected chi connectivity index (χ4v) is 13.0. The van der Waals surface area contributed by atoms with Crippen molar-refractivity contribution in [3.05, 3.63) is 58.4 Å². The molecular weight excluding hydrogens is 589 g/mol. The van der Waals surface area contributed by atoms with E-state index in [9.17, 15) is 0 Å². The van der Waals surface area contributed by atoms with E-state index in [0.717, 1.165) is 38.5 Å². The molecule has 46 heavy (non-hydrogen) atoms. The van der Waals surface area contributed by atoms with Crippen LogP contribution in [-0.4, -0.2) is 27.1 Å². The Bertz CT molecular complexity index is 1490. The number of benzene rings is 1. The number of hydrogen-bond donors (Lipinski definition) is 0. The van der Waals surface area contributed by atoms with Crippen molar-refractivity contribution in [2.75, 3.05) is 13.2 Å². The molecule has 5 aliphatic carbocycles. The standard InChI is InChI=1S/C40H58O5Si/c1-35(2)22-38(6,44-41-24-35)27-10-12-29-26(18-27)19-40-17-16-39(23-36(3,4)25-42-45-39)20-28(40)11-13-30-32-14-15-33(43-46(7,8)9)37(32,5)21-31(29)34(30)40/h10-12,15,18,30-32,34H,13-14,16-17,19-25H2,1-9H3/t30-,31+,32-,34+,37-,38?,39?,40+/m0/s1. The predicted molar refractivity (Wildman–Crippen MR) is 183 cm³/mol. The second-order valence-electron chi connectivity index (χ2n) is 19.7. The SMILES string of the molecule is CC1(C)COOC2(CC[C@@]34Cc5cc(C6(C)CC(C)(C)COO6)ccc5[C@H]5C[C@]6(C)C(O[Si](C)(C)C)=CC[C@H]6[C@H](CC=C3C2)[C@H]54)C1. The lowest BCUT2D eigenvalue weighted by Gasteiger charge is -2.65. The van der Waals surface area contributed by atoms with Crippen molar-refractivity contribution in [2.24, 2.45) is 39.4 Å². The van der Waals surface area contributed by atoms with Crippen LogP contribution in [0.15, 0.2) is 41.7 Å². The van der Waals surface area contributed by atoms with Crippen LogP contribution < -0.4 is 0 Å². The Hall–Kier alpha value is -1.44. The molecule has 0 radical (unpaired) electrons. The highest BCUT2D eigenvalue weighted by Crippen LogP contribution is 2.72. The molecule has 2 unspecified atom stereocenters. The lowest BCUT2D eigenvalue weighted by molar-refractivity contribution is -0.409. The highest BCUT2D eigenvalue weighted by molar-refractivity contribution is 6.70. The topological polar surface area (TPSA) is 46.2 Å². The molecule has 5 nitrogen and oxygen atoms in total. The van der Waals surface area contributed by atoms with E-state index < -0.39 is 13.9 Å². The Balaban J connectivity index is 1.23. The Morgan fingerprint density at radius 2 is 1.57 bits per heavy atom. The molecule has 2 saturated heterocycles. The van der Waals surface area contributed by atoms with Gasteiger partial charge in [0.15, 0.2) is 0 Å². The van der Waals surface area contributed by atoms with E-state index >= 15 is 0 Å². The highest BCUT2D eigenvalue weighted by Gasteiger charge is 2.65. The van der Waals surface area contributed by atoms with Gasteiger partial charge in [-0.15, -0.1) is 0 Å². The van der Waals surface area contributed by atoms with Crippen LogP contribution in [-0.2, 0) is 36.0 Å². The van der Waals surface area contributed by atoms with Crippen molar-refractivity contribution in [3.63, 3.8) is 0 Å². The molecule has 252 valence electrons. The molecule has 2 aliphatic heterocycles. The second kappa shape index (κ2) is 10.1. The first-order chi connectivity index (χ1) is 21.5. The minimum atomic E-state index is -1.74. The van der Waals surface area contributed by atoms with Gasteiger partial charge in [0.25, 0.3) is 0 Å². The Kier molecular flexibility index (Phi) is 6.95. The molecule has 7 aliphatic rings. The molecule has 8 atom stereocenters. The molecule has 1 aromatic carbocycles. The van der Waals surface area contributed by atoms with Crippen molar-refractivity contribution in [3.8, 4) is 0 Å². The fraction of sp³-hybridized carbons (Fsp3) is 0.750. The van der Waals surface area contributed by atoms with Crippen LogP contribution in [0.25, 0.3) is 0 Å². The van der Waals surface area contributed by atoms with Gasteiger partial charge in [-0.3, -0.25) is 0 Å². The molecule has 0 aromatic heterocycles. The van der Waals surface area contributed by atoms with Crippen molar-refractivity contribution < 1.29 is 24.0 Å². The van der Waals surface area contributed by atoms with Crippen molar-refractivity contribution >= 4 is 8.32 Å². The molecule has 2 heterocycles. The van der Waals surface area contributed by atoms with Gasteiger partial charge in [-0.2, -0.15) is 0 Å². The smallest absolute Gasteiger partial charge is 0.241 e. The molecule has 1 aromatic rings. The number of allylic oxidation sites excluding steroid dienone is 3. The van der Waals surface area contributed by atoms with Crippen LogP contribution in [0.2, 0.25) is 19.6 Å². The van der Waals surface area contributed by atoms with Gasteiger partial charge in [0.05, 0.1) is 19.0 Å². The summed E-state index contributed by atoms with van der Waals surface area (Å²) >= 11 is 0. The van der Waals surface area contributed by atoms with Gasteiger partial charge in [0, 0.05) is 11.8 Å². The lowest BCUT2D eigenvalue weighted by Crippen LogP contribution is -2.59. The predicted octanol–water partition coefficient (Wildman–Crippen LogP) is 9.93. The monoisotopic (exact) mass is 646 g/mol. The maximum absolute atomic E-state index is 6.93. The van der Waals surface area contributed by atoms with Crippen LogP contribution >= 0.6 is 0 Å². The normalized spacial score (nSPS) is 43.8. The summed E-state index contributed by atoms with van der Waals surface area (Å²) in [6.07, 6.45) is 15.1. The third kappa shape index (κ3) is 4.89. The summed E-state index contributed by atoms with van der Waals surface area (Å²) in [5.74, 6) is 3.79. The summed E-state index contributed by atoms with van der Waals surface area (Å²) in [7, 11) is -1.74. The van der Waals surface area contributed by atoms with E-state index in [1.165, 1.54) is 36.1 Å². The second-order valence-corrected chi connectivity index (χ2v) is 24.1. The maximum atomic E-state index is 6.93. The third-order valence-corrected chi connectivity index (χ3v) is 14.3. The number of rotatable bonds is 3. The van der Waals surface area contributed by atoms with Crippen LogP contribution in [0.1, 0.15) is 116 Å². The summed E-state index contributed by atoms with van der Waals surface area (Å²) < 4.78 is 6.93. The number of fused-ring (bicyclic) bond motifs is 4. The van der Waals surface area contributed by atoms with Gasteiger partial charge < -0.3 is 4.43 Å². The van der Waals surface area contributed by atoms with E-state index in [1.54, 1.807) is 11.1 Å². The summed E-state index contributed by atoms with van der Waals surface area (Å²) in [5.41, 5.74) is 5.85. The molecular formula is C40H58O5Si. The van der Waals surface area contributed by atoms with Crippen LogP contribution in [0.3, 0.4) is 0 Å². The first kappa shape index (κ1) is 31.8. The maximum Gasteiger partial charge on any atom is 0.241 e. The van der Waals surface area contributed by atoms with Gasteiger partial charge in [-0.05, 0) is 141 Å². The molecule has 0 amide bonds. The highest BCUT2D eigenvalue weighted by atomic mass is 28.4. The van der Waals surface area contributed by atoms with Crippen LogP contribution in [0.4, 0.5) is 0 Å². The Labute approximate surface area is 278 Å². The van der Waals surface area contributed by atoms with Gasteiger partial charge in [-0.25, -0.2) is 19.6 Å². The minimum Gasteiger partial charge on any atom is -0.547 e. The fourth-order valence-electron chi connectivity index (χ4n) is 12.1. The van der Waals surface area contributed by atoms with E-state index in [-0.39, 0.29) is 27.3 Å². The summed E-state index contributed by atoms with van der Waals surface area (Å²) in [5, 5.41) is 0. The quantitative estimate of drug-likeness (QED) is 0.186. The van der Waals surface area contributed by atoms with E-state index in [0.29, 0.717) is 36.9 Å². The van der Waals surface area contributed by atoms with Crippen molar-refractivity contribution in [1.29, 1.82) is 0 Å². The first-order valence-electron chi connectivity index (χ1n) is 18.3. The van der Waals surface area contributed by atoms with Crippen molar-refractivity contribution in [2.45, 2.75) is 136 Å². The Morgan fingerprint density at radius 1 is 0.826 bits per heavy atom. The molecule has 2 spiro atoms. The lowest BCUT2D eigenvalue weighted by atomic mass is 9.40. The van der Waals surface area contributed by atoms with Gasteiger partial charge in [0.2, 0.25) is 8.32 Å². The van der Waals surface area contributed by atoms with Gasteiger partial charge >= 0.3 is 0 Å². The largest absolute Gasteiger partial charge is 0.547 e. The minimum absolute atomic E-state index is 0.0707. The molecule has 0 bridgehead atoms. The van der Waals surface area contributed by atoms with Crippen molar-refractivity contribution in [1.82, 2.24) is 0 Å². The number of hydrogen-bond acceptors (Lipinski definition) is 5. The average Bonchev–Trinajstić information content (AvgIpc) is 3.26. The zero-order valence-corrected chi connectivity index (χ0v) is 31.0. The first-order valence-corrected chi connectivity index (χ1v) is 21.7. The molecule has 6 heteroatoms. The summed E-state index contributed by atoms with van der Waals surface area (Å²) in [4.78, 5) is 24.1. The van der Waals surface area contributed by atoms with E-state index in [4.69, 9.17) is 24.0 Å². The summed E-state index contributed by atoms with van der Waals surface area (Å²) in [6.45, 7) is 22.4. The Morgan fingerprint density at radius 3 is 2.28 bits per heavy atom. The molecule has 8 rings (SSSR count). The van der Waals surface area contributed by atoms with Gasteiger partial charge in [-0.1, -0.05) is 64.5 Å². The zero-order valence-electron chi connectivity index (χ0n) is 30.0. The van der Waals surface area contributed by atoms with Gasteiger partial charge in [0.1, 0.15) is 11.2 Å².